The van der Waals surface area contributed by atoms with Crippen LogP contribution in [0.3, 0.4) is 0 Å². The van der Waals surface area contributed by atoms with Gasteiger partial charge in [-0.25, -0.2) is 4.79 Å². The Balaban J connectivity index is 1.46. The molecule has 9 nitrogen and oxygen atoms in total. The molecule has 1 aromatic carbocycles. The maximum atomic E-state index is 12.5. The molecule has 29 heavy (non-hydrogen) atoms. The number of benzene rings is 1. The van der Waals surface area contributed by atoms with Crippen LogP contribution in [-0.2, 0) is 4.79 Å². The number of likely N-dealkylation sites (N-methyl/N-ethyl adjacent to an activating group) is 1. The number of nitrogens with one attached hydrogen (secondary N) is 1. The van der Waals surface area contributed by atoms with E-state index < -0.39 is 4.92 Å². The number of hydrogen-bond donors (Lipinski definition) is 1. The molecule has 1 aromatic rings. The summed E-state index contributed by atoms with van der Waals surface area (Å²) in [6.45, 7) is 4.53. The van der Waals surface area contributed by atoms with Crippen LogP contribution in [0, 0.1) is 16.0 Å². The van der Waals surface area contributed by atoms with E-state index >= 15 is 0 Å². The predicted molar refractivity (Wildman–Crippen MR) is 110 cm³/mol. The van der Waals surface area contributed by atoms with Crippen LogP contribution in [0.2, 0.25) is 5.02 Å². The number of urea groups is 1. The van der Waals surface area contributed by atoms with Crippen molar-refractivity contribution in [1.82, 2.24) is 14.7 Å². The molecule has 0 atom stereocenters. The van der Waals surface area contributed by atoms with Crippen molar-refractivity contribution in [2.24, 2.45) is 5.92 Å². The SMILES string of the molecule is CN1CCN(C(=O)CC2CCN(C(=O)Nc3ccc([N+](=O)[O-])cc3Cl)CC2)CC1. The largest absolute Gasteiger partial charge is 0.340 e. The molecule has 0 bridgehead atoms. The average Bonchev–Trinajstić information content (AvgIpc) is 2.70. The first-order chi connectivity index (χ1) is 13.8. The number of hydrogen-bond acceptors (Lipinski definition) is 5. The molecule has 2 aliphatic heterocycles. The van der Waals surface area contributed by atoms with Crippen LogP contribution in [0.4, 0.5) is 16.2 Å². The Kier molecular flexibility index (Phi) is 6.92. The van der Waals surface area contributed by atoms with E-state index in [1.54, 1.807) is 4.90 Å². The number of halogens is 1. The van der Waals surface area contributed by atoms with Crippen molar-refractivity contribution in [3.63, 3.8) is 0 Å². The van der Waals surface area contributed by atoms with E-state index in [9.17, 15) is 19.7 Å². The molecule has 0 radical (unpaired) electrons. The maximum Gasteiger partial charge on any atom is 0.321 e. The van der Waals surface area contributed by atoms with Crippen LogP contribution in [0.15, 0.2) is 18.2 Å². The Morgan fingerprint density at radius 3 is 2.38 bits per heavy atom. The van der Waals surface area contributed by atoms with Gasteiger partial charge in [0.25, 0.3) is 5.69 Å². The normalized spacial score (nSPS) is 18.6. The monoisotopic (exact) mass is 423 g/mol. The average molecular weight is 424 g/mol. The molecule has 1 N–H and O–H groups in total. The van der Waals surface area contributed by atoms with Gasteiger partial charge in [-0.1, -0.05) is 11.6 Å². The lowest BCUT2D eigenvalue weighted by atomic mass is 9.93. The smallest absolute Gasteiger partial charge is 0.321 e. The van der Waals surface area contributed by atoms with E-state index in [1.807, 2.05) is 4.90 Å². The van der Waals surface area contributed by atoms with Gasteiger partial charge in [0.2, 0.25) is 5.91 Å². The fourth-order valence-electron chi connectivity index (χ4n) is 3.69. The van der Waals surface area contributed by atoms with E-state index in [4.69, 9.17) is 11.6 Å². The highest BCUT2D eigenvalue weighted by Gasteiger charge is 2.27. The second-order valence-electron chi connectivity index (χ2n) is 7.67. The molecule has 3 rings (SSSR count). The number of anilines is 1. The lowest BCUT2D eigenvalue weighted by Crippen LogP contribution is -2.48. The summed E-state index contributed by atoms with van der Waals surface area (Å²) >= 11 is 6.04. The number of rotatable bonds is 4. The molecule has 0 aromatic heterocycles. The molecule has 3 amide bonds. The molecule has 158 valence electrons. The van der Waals surface area contributed by atoms with Gasteiger partial charge in [0.15, 0.2) is 0 Å². The van der Waals surface area contributed by atoms with Crippen molar-refractivity contribution in [2.45, 2.75) is 19.3 Å². The van der Waals surface area contributed by atoms with Crippen LogP contribution >= 0.6 is 11.6 Å². The summed E-state index contributed by atoms with van der Waals surface area (Å²) in [6.07, 6.45) is 2.09. The molecule has 2 fully saturated rings. The summed E-state index contributed by atoms with van der Waals surface area (Å²) in [7, 11) is 2.06. The van der Waals surface area contributed by atoms with Crippen molar-refractivity contribution < 1.29 is 14.5 Å². The second kappa shape index (κ2) is 9.41. The number of carbonyl (C=O) groups excluding carboxylic acids is 2. The van der Waals surface area contributed by atoms with Gasteiger partial charge < -0.3 is 20.0 Å². The summed E-state index contributed by atoms with van der Waals surface area (Å²) in [5.41, 5.74) is 0.216. The Morgan fingerprint density at radius 2 is 1.79 bits per heavy atom. The maximum absolute atomic E-state index is 12.5. The Labute approximate surface area is 174 Å². The molecule has 0 aliphatic carbocycles. The minimum Gasteiger partial charge on any atom is -0.340 e. The number of non-ortho nitro benzene ring substituents is 1. The molecule has 2 heterocycles. The van der Waals surface area contributed by atoms with Gasteiger partial charge in [0.05, 0.1) is 15.6 Å². The molecule has 10 heteroatoms. The first kappa shape index (κ1) is 21.3. The predicted octanol–water partition coefficient (Wildman–Crippen LogP) is 2.66. The molecule has 2 saturated heterocycles. The molecular formula is C19H26ClN5O4. The van der Waals surface area contributed by atoms with E-state index in [0.29, 0.717) is 25.2 Å². The van der Waals surface area contributed by atoms with Crippen molar-refractivity contribution >= 4 is 34.9 Å². The Morgan fingerprint density at radius 1 is 1.14 bits per heavy atom. The molecule has 0 unspecified atom stereocenters. The second-order valence-corrected chi connectivity index (χ2v) is 8.08. The summed E-state index contributed by atoms with van der Waals surface area (Å²) < 4.78 is 0. The zero-order valence-corrected chi connectivity index (χ0v) is 17.2. The van der Waals surface area contributed by atoms with E-state index in [1.165, 1.54) is 18.2 Å². The van der Waals surface area contributed by atoms with Gasteiger partial charge in [-0.05, 0) is 31.9 Å². The third-order valence-electron chi connectivity index (χ3n) is 5.63. The lowest BCUT2D eigenvalue weighted by Gasteiger charge is -2.35. The van der Waals surface area contributed by atoms with Crippen molar-refractivity contribution in [3.8, 4) is 0 Å². The minimum absolute atomic E-state index is 0.125. The fraction of sp³-hybridized carbons (Fsp3) is 0.579. The number of piperidine rings is 1. The number of nitrogens with zero attached hydrogens (tertiary/aromatic N) is 4. The van der Waals surface area contributed by atoms with Crippen molar-refractivity contribution in [1.29, 1.82) is 0 Å². The van der Waals surface area contributed by atoms with Crippen LogP contribution in [0.5, 0.6) is 0 Å². The van der Waals surface area contributed by atoms with E-state index in [0.717, 1.165) is 39.0 Å². The zero-order valence-electron chi connectivity index (χ0n) is 16.5. The molecule has 2 aliphatic rings. The van der Waals surface area contributed by atoms with Crippen molar-refractivity contribution in [2.75, 3.05) is 51.6 Å². The third-order valence-corrected chi connectivity index (χ3v) is 5.94. The molecular weight excluding hydrogens is 398 g/mol. The highest BCUT2D eigenvalue weighted by atomic mass is 35.5. The first-order valence-electron chi connectivity index (χ1n) is 9.79. The van der Waals surface area contributed by atoms with Crippen LogP contribution in [0.1, 0.15) is 19.3 Å². The fourth-order valence-corrected chi connectivity index (χ4v) is 3.91. The van der Waals surface area contributed by atoms with Gasteiger partial charge in [0.1, 0.15) is 0 Å². The molecule has 0 spiro atoms. The number of piperazine rings is 1. The summed E-state index contributed by atoms with van der Waals surface area (Å²) in [6, 6.07) is 3.66. The lowest BCUT2D eigenvalue weighted by molar-refractivity contribution is -0.384. The van der Waals surface area contributed by atoms with Crippen LogP contribution in [0.25, 0.3) is 0 Å². The Hall–Kier alpha value is -2.39. The highest BCUT2D eigenvalue weighted by Crippen LogP contribution is 2.28. The number of nitro groups is 1. The van der Waals surface area contributed by atoms with Gasteiger partial charge in [0, 0.05) is 57.8 Å². The third kappa shape index (κ3) is 5.57. The number of nitro benzene ring substituents is 1. The van der Waals surface area contributed by atoms with Crippen LogP contribution in [-0.4, -0.2) is 77.9 Å². The standard InChI is InChI=1S/C19H26ClN5O4/c1-22-8-10-23(11-9-22)18(26)12-14-4-6-24(7-5-14)19(27)21-17-3-2-15(25(28)29)13-16(17)20/h2-3,13-14H,4-12H2,1H3,(H,21,27). The van der Waals surface area contributed by atoms with E-state index in [2.05, 4.69) is 17.3 Å². The first-order valence-corrected chi connectivity index (χ1v) is 10.2. The number of amides is 3. The summed E-state index contributed by atoms with van der Waals surface area (Å²) in [4.78, 5) is 41.1. The van der Waals surface area contributed by atoms with Crippen LogP contribution < -0.4 is 5.32 Å². The summed E-state index contributed by atoms with van der Waals surface area (Å²) in [5.74, 6) is 0.493. The summed E-state index contributed by atoms with van der Waals surface area (Å²) in [5, 5.41) is 13.6. The van der Waals surface area contributed by atoms with Gasteiger partial charge >= 0.3 is 6.03 Å². The quantitative estimate of drug-likeness (QED) is 0.592. The molecule has 0 saturated carbocycles. The zero-order chi connectivity index (χ0) is 21.0. The topological polar surface area (TPSA) is 99.0 Å². The Bertz CT molecular complexity index is 774. The van der Waals surface area contributed by atoms with E-state index in [-0.39, 0.29) is 28.6 Å². The van der Waals surface area contributed by atoms with Gasteiger partial charge in [-0.2, -0.15) is 0 Å². The van der Waals surface area contributed by atoms with Gasteiger partial charge in [-0.15, -0.1) is 0 Å². The highest BCUT2D eigenvalue weighted by molar-refractivity contribution is 6.33. The number of likely N-dealkylation sites (tertiary alicyclic amines) is 1. The number of carbonyl (C=O) groups is 2. The van der Waals surface area contributed by atoms with Crippen molar-refractivity contribution in [3.05, 3.63) is 33.3 Å². The minimum atomic E-state index is -0.536. The van der Waals surface area contributed by atoms with Gasteiger partial charge in [-0.3, -0.25) is 14.9 Å².